The number of anilines is 1. The maximum Gasteiger partial charge on any atom is 0.242 e. The highest BCUT2D eigenvalue weighted by Crippen LogP contribution is 2.29. The Morgan fingerprint density at radius 2 is 1.67 bits per heavy atom. The topological polar surface area (TPSA) is 72.8 Å². The van der Waals surface area contributed by atoms with Crippen molar-refractivity contribution in [2.24, 2.45) is 0 Å². The molecule has 2 aromatic heterocycles. The third-order valence-corrected chi connectivity index (χ3v) is 2.63. The third kappa shape index (κ3) is 2.09. The molecule has 0 spiro atoms. The van der Waals surface area contributed by atoms with Crippen LogP contribution in [0.2, 0.25) is 0 Å². The van der Waals surface area contributed by atoms with Crippen LogP contribution in [0.3, 0.4) is 0 Å². The molecule has 0 aliphatic carbocycles. The number of aromatic nitrogens is 4. The normalized spacial score (nSPS) is 10.2. The van der Waals surface area contributed by atoms with Gasteiger partial charge in [0.2, 0.25) is 5.88 Å². The molecule has 0 unspecified atom stereocenters. The summed E-state index contributed by atoms with van der Waals surface area (Å²) >= 11 is 0. The number of ether oxygens (including phenoxy) is 1. The van der Waals surface area contributed by atoms with E-state index < -0.39 is 0 Å². The molecule has 0 saturated carbocycles. The smallest absolute Gasteiger partial charge is 0.242 e. The van der Waals surface area contributed by atoms with Crippen molar-refractivity contribution < 1.29 is 4.74 Å². The Labute approximate surface area is 105 Å². The molecule has 0 atom stereocenters. The minimum absolute atomic E-state index is 0.437. The maximum absolute atomic E-state index is 5.20. The first-order valence-corrected chi connectivity index (χ1v) is 5.55. The van der Waals surface area contributed by atoms with Crippen LogP contribution in [-0.2, 0) is 0 Å². The molecule has 0 saturated heterocycles. The Kier molecular flexibility index (Phi) is 3.36. The lowest BCUT2D eigenvalue weighted by molar-refractivity contribution is 0.397. The lowest BCUT2D eigenvalue weighted by Gasteiger charge is -2.11. The summed E-state index contributed by atoms with van der Waals surface area (Å²) in [6.07, 6.45) is 3.18. The fourth-order valence-corrected chi connectivity index (χ4v) is 1.58. The predicted octanol–water partition coefficient (Wildman–Crippen LogP) is 1.60. The van der Waals surface area contributed by atoms with Crippen LogP contribution in [0.25, 0.3) is 11.4 Å². The van der Waals surface area contributed by atoms with Crippen LogP contribution in [0.4, 0.5) is 5.82 Å². The van der Waals surface area contributed by atoms with Crippen molar-refractivity contribution >= 4 is 5.82 Å². The summed E-state index contributed by atoms with van der Waals surface area (Å²) < 4.78 is 5.20. The highest BCUT2D eigenvalue weighted by atomic mass is 16.5. The highest BCUT2D eigenvalue weighted by molar-refractivity contribution is 5.71. The van der Waals surface area contributed by atoms with E-state index in [0.717, 1.165) is 11.4 Å². The minimum atomic E-state index is 0.437. The molecule has 2 rings (SSSR count). The first-order chi connectivity index (χ1) is 8.67. The second kappa shape index (κ2) is 4.95. The van der Waals surface area contributed by atoms with Gasteiger partial charge in [-0.25, -0.2) is 19.9 Å². The molecule has 0 aliphatic heterocycles. The van der Waals surface area contributed by atoms with Gasteiger partial charge in [0.15, 0.2) is 11.5 Å². The van der Waals surface area contributed by atoms with Crippen molar-refractivity contribution in [1.82, 2.24) is 19.9 Å². The number of aryl methyl sites for hydroxylation is 2. The summed E-state index contributed by atoms with van der Waals surface area (Å²) in [5, 5.41) is 3.02. The molecule has 94 valence electrons. The molecule has 0 radical (unpaired) electrons. The average molecular weight is 245 g/mol. The number of methoxy groups -OCH3 is 1. The molecule has 6 nitrogen and oxygen atoms in total. The molecule has 6 heteroatoms. The maximum atomic E-state index is 5.20. The fraction of sp³-hybridized carbons (Fsp3) is 0.333. The Bertz CT molecular complexity index is 570. The van der Waals surface area contributed by atoms with E-state index in [4.69, 9.17) is 4.74 Å². The van der Waals surface area contributed by atoms with E-state index in [1.54, 1.807) is 26.6 Å². The number of hydrogen-bond donors (Lipinski definition) is 1. The molecule has 0 fully saturated rings. The van der Waals surface area contributed by atoms with Gasteiger partial charge in [-0.2, -0.15) is 0 Å². The van der Waals surface area contributed by atoms with Gasteiger partial charge in [-0.3, -0.25) is 0 Å². The number of hydrogen-bond acceptors (Lipinski definition) is 6. The highest BCUT2D eigenvalue weighted by Gasteiger charge is 2.16. The molecule has 0 aromatic carbocycles. The lowest BCUT2D eigenvalue weighted by atomic mass is 10.2. The Morgan fingerprint density at radius 1 is 1.00 bits per heavy atom. The SMILES string of the molecule is CNc1nc(C)c(C)nc1-c1nccnc1OC. The summed E-state index contributed by atoms with van der Waals surface area (Å²) in [7, 11) is 3.35. The Morgan fingerprint density at radius 3 is 2.33 bits per heavy atom. The molecule has 0 bridgehead atoms. The Balaban J connectivity index is 2.66. The van der Waals surface area contributed by atoms with E-state index in [1.807, 2.05) is 13.8 Å². The molecule has 0 aliphatic rings. The van der Waals surface area contributed by atoms with Crippen LogP contribution >= 0.6 is 0 Å². The summed E-state index contributed by atoms with van der Waals surface area (Å²) in [6.45, 7) is 3.83. The van der Waals surface area contributed by atoms with Crippen LogP contribution in [0, 0.1) is 13.8 Å². The van der Waals surface area contributed by atoms with Crippen LogP contribution in [0.5, 0.6) is 5.88 Å². The quantitative estimate of drug-likeness (QED) is 0.885. The molecule has 2 aromatic rings. The summed E-state index contributed by atoms with van der Waals surface area (Å²) in [5.41, 5.74) is 2.97. The number of nitrogens with one attached hydrogen (secondary N) is 1. The van der Waals surface area contributed by atoms with Gasteiger partial charge in [0.1, 0.15) is 5.69 Å². The zero-order valence-corrected chi connectivity index (χ0v) is 10.9. The lowest BCUT2D eigenvalue weighted by Crippen LogP contribution is -2.05. The first-order valence-electron chi connectivity index (χ1n) is 5.55. The van der Waals surface area contributed by atoms with Gasteiger partial charge in [0.25, 0.3) is 0 Å². The van der Waals surface area contributed by atoms with E-state index in [9.17, 15) is 0 Å². The van der Waals surface area contributed by atoms with E-state index >= 15 is 0 Å². The van der Waals surface area contributed by atoms with Crippen LogP contribution in [-0.4, -0.2) is 34.1 Å². The molecular formula is C12H15N5O. The van der Waals surface area contributed by atoms with Crippen LogP contribution in [0.15, 0.2) is 12.4 Å². The van der Waals surface area contributed by atoms with Crippen molar-refractivity contribution in [3.8, 4) is 17.3 Å². The van der Waals surface area contributed by atoms with Gasteiger partial charge in [-0.15, -0.1) is 0 Å². The van der Waals surface area contributed by atoms with Gasteiger partial charge in [0, 0.05) is 19.4 Å². The van der Waals surface area contributed by atoms with E-state index in [-0.39, 0.29) is 0 Å². The fourth-order valence-electron chi connectivity index (χ4n) is 1.58. The Hall–Kier alpha value is -2.24. The molecule has 2 heterocycles. The molecule has 18 heavy (non-hydrogen) atoms. The van der Waals surface area contributed by atoms with Gasteiger partial charge < -0.3 is 10.1 Å². The predicted molar refractivity (Wildman–Crippen MR) is 68.6 cm³/mol. The monoisotopic (exact) mass is 245 g/mol. The second-order valence-corrected chi connectivity index (χ2v) is 3.76. The standard InChI is InChI=1S/C12H15N5O/c1-7-8(2)17-11(13-3)9(16-7)10-12(18-4)15-6-5-14-10/h5-6H,1-4H3,(H,13,17). The zero-order chi connectivity index (χ0) is 13.1. The van der Waals surface area contributed by atoms with Crippen LogP contribution in [0.1, 0.15) is 11.4 Å². The first kappa shape index (κ1) is 12.2. The summed E-state index contributed by atoms with van der Waals surface area (Å²) in [5.74, 6) is 1.10. The zero-order valence-electron chi connectivity index (χ0n) is 10.9. The number of rotatable bonds is 3. The number of nitrogens with zero attached hydrogens (tertiary/aromatic N) is 4. The third-order valence-electron chi connectivity index (χ3n) is 2.63. The summed E-state index contributed by atoms with van der Waals surface area (Å²) in [6, 6.07) is 0. The second-order valence-electron chi connectivity index (χ2n) is 3.76. The van der Waals surface area contributed by atoms with E-state index in [2.05, 4.69) is 25.3 Å². The van der Waals surface area contributed by atoms with Crippen LogP contribution < -0.4 is 10.1 Å². The average Bonchev–Trinajstić information content (AvgIpc) is 2.41. The van der Waals surface area contributed by atoms with Gasteiger partial charge in [-0.05, 0) is 13.8 Å². The van der Waals surface area contributed by atoms with Gasteiger partial charge in [-0.1, -0.05) is 0 Å². The van der Waals surface area contributed by atoms with Crippen molar-refractivity contribution in [3.05, 3.63) is 23.8 Å². The summed E-state index contributed by atoms with van der Waals surface area (Å²) in [4.78, 5) is 17.4. The van der Waals surface area contributed by atoms with E-state index in [0.29, 0.717) is 23.1 Å². The van der Waals surface area contributed by atoms with Crippen molar-refractivity contribution in [2.45, 2.75) is 13.8 Å². The molecule has 1 N–H and O–H groups in total. The van der Waals surface area contributed by atoms with Gasteiger partial charge >= 0.3 is 0 Å². The largest absolute Gasteiger partial charge is 0.479 e. The van der Waals surface area contributed by atoms with Crippen molar-refractivity contribution in [1.29, 1.82) is 0 Å². The molecular weight excluding hydrogens is 230 g/mol. The molecule has 0 amide bonds. The van der Waals surface area contributed by atoms with Crippen molar-refractivity contribution in [2.75, 3.05) is 19.5 Å². The minimum Gasteiger partial charge on any atom is -0.479 e. The van der Waals surface area contributed by atoms with Gasteiger partial charge in [0.05, 0.1) is 18.5 Å². The van der Waals surface area contributed by atoms with E-state index in [1.165, 1.54) is 0 Å². The van der Waals surface area contributed by atoms with Crippen molar-refractivity contribution in [3.63, 3.8) is 0 Å².